The standard InChI is InChI=1S/C17H25N3O/c1-12-6-7-14(21-12)11-20(5)16-9-13(10-18)8-15(19-16)17(2,3)4/h6-9H,10-11,18H2,1-5H3. The van der Waals surface area contributed by atoms with Crippen molar-refractivity contribution in [3.05, 3.63) is 47.0 Å². The molecule has 2 heterocycles. The molecule has 0 amide bonds. The average Bonchev–Trinajstić information content (AvgIpc) is 2.82. The van der Waals surface area contributed by atoms with Crippen LogP contribution in [0.3, 0.4) is 0 Å². The Morgan fingerprint density at radius 2 is 1.95 bits per heavy atom. The largest absolute Gasteiger partial charge is 0.464 e. The minimum atomic E-state index is 0.00202. The molecule has 0 aromatic carbocycles. The van der Waals surface area contributed by atoms with Gasteiger partial charge in [0.1, 0.15) is 17.3 Å². The van der Waals surface area contributed by atoms with Gasteiger partial charge in [-0.2, -0.15) is 0 Å². The molecule has 2 aromatic rings. The molecule has 114 valence electrons. The second kappa shape index (κ2) is 5.90. The van der Waals surface area contributed by atoms with E-state index in [1.807, 2.05) is 32.2 Å². The Morgan fingerprint density at radius 1 is 1.24 bits per heavy atom. The molecule has 0 saturated carbocycles. The van der Waals surface area contributed by atoms with E-state index in [1.165, 1.54) is 0 Å². The molecule has 4 nitrogen and oxygen atoms in total. The van der Waals surface area contributed by atoms with Gasteiger partial charge in [-0.05, 0) is 36.8 Å². The lowest BCUT2D eigenvalue weighted by Crippen LogP contribution is -2.21. The highest BCUT2D eigenvalue weighted by atomic mass is 16.3. The summed E-state index contributed by atoms with van der Waals surface area (Å²) >= 11 is 0. The molecule has 4 heteroatoms. The maximum Gasteiger partial charge on any atom is 0.129 e. The Hall–Kier alpha value is -1.81. The van der Waals surface area contributed by atoms with Gasteiger partial charge in [-0.25, -0.2) is 4.98 Å². The predicted octanol–water partition coefficient (Wildman–Crippen LogP) is 3.38. The highest BCUT2D eigenvalue weighted by molar-refractivity contribution is 5.43. The van der Waals surface area contributed by atoms with E-state index in [9.17, 15) is 0 Å². The Bertz CT molecular complexity index is 611. The molecule has 0 unspecified atom stereocenters. The van der Waals surface area contributed by atoms with Crippen LogP contribution in [0.15, 0.2) is 28.7 Å². The first-order chi connectivity index (χ1) is 9.79. The molecule has 0 atom stereocenters. The summed E-state index contributed by atoms with van der Waals surface area (Å²) in [5, 5.41) is 0. The molecule has 21 heavy (non-hydrogen) atoms. The van der Waals surface area contributed by atoms with Crippen molar-refractivity contribution >= 4 is 5.82 Å². The zero-order chi connectivity index (χ0) is 15.6. The number of nitrogens with zero attached hydrogens (tertiary/aromatic N) is 2. The first kappa shape index (κ1) is 15.6. The normalized spacial score (nSPS) is 11.7. The summed E-state index contributed by atoms with van der Waals surface area (Å²) in [4.78, 5) is 6.87. The third-order valence-corrected chi connectivity index (χ3v) is 3.46. The summed E-state index contributed by atoms with van der Waals surface area (Å²) in [5.74, 6) is 2.79. The minimum absolute atomic E-state index is 0.00202. The van der Waals surface area contributed by atoms with E-state index < -0.39 is 0 Å². The van der Waals surface area contributed by atoms with Gasteiger partial charge in [-0.15, -0.1) is 0 Å². The zero-order valence-corrected chi connectivity index (χ0v) is 13.6. The van der Waals surface area contributed by atoms with E-state index in [0.717, 1.165) is 28.6 Å². The van der Waals surface area contributed by atoms with Gasteiger partial charge in [0.05, 0.1) is 6.54 Å². The average molecular weight is 287 g/mol. The lowest BCUT2D eigenvalue weighted by atomic mass is 9.90. The molecule has 2 rings (SSSR count). The van der Waals surface area contributed by atoms with E-state index in [-0.39, 0.29) is 5.41 Å². The third kappa shape index (κ3) is 3.85. The molecule has 2 aromatic heterocycles. The topological polar surface area (TPSA) is 55.3 Å². The Morgan fingerprint density at radius 3 is 2.48 bits per heavy atom. The molecule has 0 aliphatic heterocycles. The maximum atomic E-state index is 5.82. The molecule has 0 saturated heterocycles. The van der Waals surface area contributed by atoms with Crippen molar-refractivity contribution in [2.45, 2.75) is 46.2 Å². The van der Waals surface area contributed by atoms with Crippen molar-refractivity contribution in [3.63, 3.8) is 0 Å². The minimum Gasteiger partial charge on any atom is -0.464 e. The number of rotatable bonds is 4. The van der Waals surface area contributed by atoms with Gasteiger partial charge in [0.2, 0.25) is 0 Å². The summed E-state index contributed by atoms with van der Waals surface area (Å²) < 4.78 is 5.64. The van der Waals surface area contributed by atoms with Crippen molar-refractivity contribution in [3.8, 4) is 0 Å². The molecular weight excluding hydrogens is 262 g/mol. The van der Waals surface area contributed by atoms with Crippen molar-refractivity contribution < 1.29 is 4.42 Å². The quantitative estimate of drug-likeness (QED) is 0.936. The number of hydrogen-bond acceptors (Lipinski definition) is 4. The molecule has 0 spiro atoms. The van der Waals surface area contributed by atoms with Crippen LogP contribution in [-0.2, 0) is 18.5 Å². The lowest BCUT2D eigenvalue weighted by molar-refractivity contribution is 0.481. The van der Waals surface area contributed by atoms with E-state index in [4.69, 9.17) is 15.1 Å². The number of pyridine rings is 1. The van der Waals surface area contributed by atoms with Crippen LogP contribution < -0.4 is 10.6 Å². The summed E-state index contributed by atoms with van der Waals surface area (Å²) in [6, 6.07) is 8.12. The van der Waals surface area contributed by atoms with Gasteiger partial charge in [-0.3, -0.25) is 0 Å². The second-order valence-corrected chi connectivity index (χ2v) is 6.54. The highest BCUT2D eigenvalue weighted by Gasteiger charge is 2.18. The Balaban J connectivity index is 2.29. The highest BCUT2D eigenvalue weighted by Crippen LogP contribution is 2.25. The molecule has 0 bridgehead atoms. The fourth-order valence-electron chi connectivity index (χ4n) is 2.15. The van der Waals surface area contributed by atoms with E-state index in [0.29, 0.717) is 13.1 Å². The summed E-state index contributed by atoms with van der Waals surface area (Å²) in [7, 11) is 2.02. The van der Waals surface area contributed by atoms with Crippen LogP contribution in [0.4, 0.5) is 5.82 Å². The first-order valence-corrected chi connectivity index (χ1v) is 7.27. The van der Waals surface area contributed by atoms with E-state index in [1.54, 1.807) is 0 Å². The van der Waals surface area contributed by atoms with Gasteiger partial charge in [-0.1, -0.05) is 20.8 Å². The van der Waals surface area contributed by atoms with Gasteiger partial charge < -0.3 is 15.1 Å². The van der Waals surface area contributed by atoms with Gasteiger partial charge in [0, 0.05) is 24.7 Å². The fraction of sp³-hybridized carbons (Fsp3) is 0.471. The summed E-state index contributed by atoms with van der Waals surface area (Å²) in [6.45, 7) is 9.65. The van der Waals surface area contributed by atoms with Crippen LogP contribution in [0.1, 0.15) is 43.5 Å². The Labute approximate surface area is 127 Å². The fourth-order valence-corrected chi connectivity index (χ4v) is 2.15. The maximum absolute atomic E-state index is 5.82. The SMILES string of the molecule is Cc1ccc(CN(C)c2cc(CN)cc(C(C)(C)C)n2)o1. The Kier molecular flexibility index (Phi) is 4.37. The second-order valence-electron chi connectivity index (χ2n) is 6.54. The molecule has 0 radical (unpaired) electrons. The van der Waals surface area contributed by atoms with E-state index >= 15 is 0 Å². The number of furan rings is 1. The zero-order valence-electron chi connectivity index (χ0n) is 13.6. The van der Waals surface area contributed by atoms with Crippen LogP contribution in [-0.4, -0.2) is 12.0 Å². The monoisotopic (exact) mass is 287 g/mol. The smallest absolute Gasteiger partial charge is 0.129 e. The van der Waals surface area contributed by atoms with Gasteiger partial charge in [0.25, 0.3) is 0 Å². The van der Waals surface area contributed by atoms with E-state index in [2.05, 4.69) is 31.7 Å². The predicted molar refractivity (Wildman–Crippen MR) is 86.4 cm³/mol. The third-order valence-electron chi connectivity index (χ3n) is 3.46. The molecule has 0 fully saturated rings. The van der Waals surface area contributed by atoms with Crippen molar-refractivity contribution in [1.82, 2.24) is 4.98 Å². The van der Waals surface area contributed by atoms with Crippen molar-refractivity contribution in [2.24, 2.45) is 5.73 Å². The van der Waals surface area contributed by atoms with Crippen LogP contribution in [0.5, 0.6) is 0 Å². The van der Waals surface area contributed by atoms with Gasteiger partial charge >= 0.3 is 0 Å². The number of nitrogens with two attached hydrogens (primary N) is 1. The van der Waals surface area contributed by atoms with Crippen LogP contribution in [0, 0.1) is 6.92 Å². The summed E-state index contributed by atoms with van der Waals surface area (Å²) in [6.07, 6.45) is 0. The van der Waals surface area contributed by atoms with Crippen molar-refractivity contribution in [1.29, 1.82) is 0 Å². The number of aryl methyl sites for hydroxylation is 1. The molecule has 2 N–H and O–H groups in total. The van der Waals surface area contributed by atoms with Crippen LogP contribution in [0.25, 0.3) is 0 Å². The van der Waals surface area contributed by atoms with Gasteiger partial charge in [0.15, 0.2) is 0 Å². The molecule has 0 aliphatic carbocycles. The number of hydrogen-bond donors (Lipinski definition) is 1. The van der Waals surface area contributed by atoms with Crippen molar-refractivity contribution in [2.75, 3.05) is 11.9 Å². The number of aromatic nitrogens is 1. The number of anilines is 1. The lowest BCUT2D eigenvalue weighted by Gasteiger charge is -2.23. The molecular formula is C17H25N3O. The first-order valence-electron chi connectivity index (χ1n) is 7.27. The van der Waals surface area contributed by atoms with Crippen LogP contribution in [0.2, 0.25) is 0 Å². The molecule has 0 aliphatic rings. The summed E-state index contributed by atoms with van der Waals surface area (Å²) in [5.41, 5.74) is 7.99. The van der Waals surface area contributed by atoms with Crippen LogP contribution >= 0.6 is 0 Å².